The molecule has 0 aliphatic heterocycles. The molecule has 4 heteroatoms. The molecular formula is C13H16N2OS. The largest absolute Gasteiger partial charge is 0.458 e. The molecule has 90 valence electrons. The van der Waals surface area contributed by atoms with Crippen LogP contribution in [0.15, 0.2) is 21.9 Å². The van der Waals surface area contributed by atoms with E-state index in [0.29, 0.717) is 5.92 Å². The normalized spacial score (nSPS) is 24.9. The van der Waals surface area contributed by atoms with Crippen LogP contribution in [0.3, 0.4) is 0 Å². The molecule has 0 bridgehead atoms. The number of thiazole rings is 1. The van der Waals surface area contributed by atoms with Gasteiger partial charge in [0.2, 0.25) is 0 Å². The maximum atomic E-state index is 5.86. The first kappa shape index (κ1) is 11.0. The van der Waals surface area contributed by atoms with Crippen LogP contribution in [0.2, 0.25) is 0 Å². The summed E-state index contributed by atoms with van der Waals surface area (Å²) >= 11 is 1.59. The zero-order chi connectivity index (χ0) is 12.0. The molecular weight excluding hydrogens is 232 g/mol. The fourth-order valence-corrected chi connectivity index (χ4v) is 2.88. The van der Waals surface area contributed by atoms with Crippen molar-refractivity contribution < 1.29 is 4.42 Å². The molecule has 3 nitrogen and oxygen atoms in total. The molecule has 3 rings (SSSR count). The lowest BCUT2D eigenvalue weighted by Crippen LogP contribution is -2.04. The molecule has 0 amide bonds. The highest BCUT2D eigenvalue weighted by molar-refractivity contribution is 7.13. The first-order valence-corrected chi connectivity index (χ1v) is 6.84. The van der Waals surface area contributed by atoms with Gasteiger partial charge in [-0.05, 0) is 31.4 Å². The molecule has 0 saturated heterocycles. The highest BCUT2D eigenvalue weighted by atomic mass is 32.1. The van der Waals surface area contributed by atoms with Gasteiger partial charge in [0.15, 0.2) is 10.8 Å². The van der Waals surface area contributed by atoms with Crippen LogP contribution in [0, 0.1) is 5.92 Å². The van der Waals surface area contributed by atoms with Crippen LogP contribution in [0.5, 0.6) is 0 Å². The van der Waals surface area contributed by atoms with Gasteiger partial charge in [0.05, 0.1) is 5.69 Å². The molecule has 0 radical (unpaired) electrons. The van der Waals surface area contributed by atoms with Gasteiger partial charge in [-0.25, -0.2) is 4.98 Å². The lowest BCUT2D eigenvalue weighted by Gasteiger charge is -1.97. The average molecular weight is 248 g/mol. The highest BCUT2D eigenvalue weighted by Crippen LogP contribution is 2.48. The predicted octanol–water partition coefficient (Wildman–Crippen LogP) is 3.55. The smallest absolute Gasteiger partial charge is 0.162 e. The predicted molar refractivity (Wildman–Crippen MR) is 68.9 cm³/mol. The van der Waals surface area contributed by atoms with Crippen molar-refractivity contribution in [3.8, 4) is 10.8 Å². The quantitative estimate of drug-likeness (QED) is 0.903. The molecule has 1 fully saturated rings. The number of hydrogen-bond acceptors (Lipinski definition) is 4. The number of hydrogen-bond donors (Lipinski definition) is 1. The maximum Gasteiger partial charge on any atom is 0.162 e. The van der Waals surface area contributed by atoms with E-state index in [0.717, 1.165) is 28.1 Å². The SMILES string of the molecule is CC(N)c1csc(-c2ccc(C3CC3C)o2)n1. The fourth-order valence-electron chi connectivity index (χ4n) is 1.99. The van der Waals surface area contributed by atoms with E-state index in [1.54, 1.807) is 11.3 Å². The Morgan fingerprint density at radius 3 is 2.88 bits per heavy atom. The van der Waals surface area contributed by atoms with Gasteiger partial charge in [-0.15, -0.1) is 11.3 Å². The third-order valence-electron chi connectivity index (χ3n) is 3.30. The van der Waals surface area contributed by atoms with Gasteiger partial charge in [-0.1, -0.05) is 6.92 Å². The van der Waals surface area contributed by atoms with Crippen molar-refractivity contribution in [2.24, 2.45) is 11.7 Å². The molecule has 0 spiro atoms. The Hall–Kier alpha value is -1.13. The maximum absolute atomic E-state index is 5.86. The van der Waals surface area contributed by atoms with Crippen LogP contribution in [0.25, 0.3) is 10.8 Å². The van der Waals surface area contributed by atoms with E-state index in [1.165, 1.54) is 6.42 Å². The van der Waals surface area contributed by atoms with Crippen LogP contribution in [0.4, 0.5) is 0 Å². The molecule has 3 atom stereocenters. The van der Waals surface area contributed by atoms with Gasteiger partial charge in [-0.3, -0.25) is 0 Å². The van der Waals surface area contributed by atoms with E-state index in [1.807, 2.05) is 18.4 Å². The molecule has 2 N–H and O–H groups in total. The van der Waals surface area contributed by atoms with Gasteiger partial charge >= 0.3 is 0 Å². The first-order chi connectivity index (χ1) is 8.15. The number of nitrogens with two attached hydrogens (primary N) is 1. The Morgan fingerprint density at radius 1 is 1.53 bits per heavy atom. The van der Waals surface area contributed by atoms with Gasteiger partial charge in [0.1, 0.15) is 5.76 Å². The zero-order valence-corrected chi connectivity index (χ0v) is 10.8. The summed E-state index contributed by atoms with van der Waals surface area (Å²) in [7, 11) is 0. The van der Waals surface area contributed by atoms with Crippen molar-refractivity contribution in [1.82, 2.24) is 4.98 Å². The molecule has 1 aliphatic rings. The lowest BCUT2D eigenvalue weighted by molar-refractivity contribution is 0.518. The monoisotopic (exact) mass is 248 g/mol. The van der Waals surface area contributed by atoms with Crippen molar-refractivity contribution in [3.63, 3.8) is 0 Å². The summed E-state index contributed by atoms with van der Waals surface area (Å²) in [5.41, 5.74) is 6.73. The molecule has 1 aliphatic carbocycles. The standard InChI is InChI=1S/C13H16N2OS/c1-7-5-9(7)11-3-4-12(16-11)13-15-10(6-17-13)8(2)14/h3-4,6-9H,5,14H2,1-2H3. The number of furan rings is 1. The van der Waals surface area contributed by atoms with Gasteiger partial charge in [-0.2, -0.15) is 0 Å². The third kappa shape index (κ3) is 2.03. The summed E-state index contributed by atoms with van der Waals surface area (Å²) in [6, 6.07) is 4.08. The highest BCUT2D eigenvalue weighted by Gasteiger charge is 2.36. The Balaban J connectivity index is 1.85. The molecule has 3 unspecified atom stereocenters. The van der Waals surface area contributed by atoms with E-state index in [4.69, 9.17) is 10.2 Å². The first-order valence-electron chi connectivity index (χ1n) is 5.96. The molecule has 17 heavy (non-hydrogen) atoms. The van der Waals surface area contributed by atoms with Gasteiger partial charge < -0.3 is 10.2 Å². The second-order valence-corrected chi connectivity index (χ2v) is 5.75. The molecule has 2 heterocycles. The molecule has 2 aromatic rings. The second-order valence-electron chi connectivity index (χ2n) is 4.89. The van der Waals surface area contributed by atoms with Crippen molar-refractivity contribution in [1.29, 1.82) is 0 Å². The Bertz CT molecular complexity index is 529. The molecule has 0 aromatic carbocycles. The Kier molecular flexibility index (Phi) is 2.56. The molecule has 1 saturated carbocycles. The van der Waals surface area contributed by atoms with Gasteiger partial charge in [0, 0.05) is 17.3 Å². The Labute approximate surface area is 105 Å². The minimum Gasteiger partial charge on any atom is -0.458 e. The summed E-state index contributed by atoms with van der Waals surface area (Å²) < 4.78 is 5.86. The Morgan fingerprint density at radius 2 is 2.29 bits per heavy atom. The lowest BCUT2D eigenvalue weighted by atomic mass is 10.3. The van der Waals surface area contributed by atoms with E-state index in [-0.39, 0.29) is 6.04 Å². The zero-order valence-electron chi connectivity index (χ0n) is 10.0. The summed E-state index contributed by atoms with van der Waals surface area (Å²) in [6.07, 6.45) is 1.25. The summed E-state index contributed by atoms with van der Waals surface area (Å²) in [4.78, 5) is 4.49. The van der Waals surface area contributed by atoms with Crippen LogP contribution in [0.1, 0.15) is 43.7 Å². The number of aromatic nitrogens is 1. The van der Waals surface area contributed by atoms with Crippen LogP contribution >= 0.6 is 11.3 Å². The van der Waals surface area contributed by atoms with Crippen LogP contribution in [-0.4, -0.2) is 4.98 Å². The van der Waals surface area contributed by atoms with Crippen LogP contribution < -0.4 is 5.73 Å². The van der Waals surface area contributed by atoms with E-state index in [2.05, 4.69) is 18.0 Å². The van der Waals surface area contributed by atoms with Gasteiger partial charge in [0.25, 0.3) is 0 Å². The minimum absolute atomic E-state index is 0.0158. The topological polar surface area (TPSA) is 52.0 Å². The van der Waals surface area contributed by atoms with Crippen molar-refractivity contribution in [3.05, 3.63) is 29.0 Å². The van der Waals surface area contributed by atoms with Crippen molar-refractivity contribution >= 4 is 11.3 Å². The van der Waals surface area contributed by atoms with Crippen molar-refractivity contribution in [2.75, 3.05) is 0 Å². The molecule has 2 aromatic heterocycles. The fraction of sp³-hybridized carbons (Fsp3) is 0.462. The third-order valence-corrected chi connectivity index (χ3v) is 4.18. The summed E-state index contributed by atoms with van der Waals surface area (Å²) in [5, 5.41) is 2.93. The average Bonchev–Trinajstić information content (AvgIpc) is 2.78. The second kappa shape index (κ2) is 3.96. The van der Waals surface area contributed by atoms with E-state index >= 15 is 0 Å². The van der Waals surface area contributed by atoms with E-state index in [9.17, 15) is 0 Å². The summed E-state index contributed by atoms with van der Waals surface area (Å²) in [5.74, 6) is 3.36. The number of nitrogens with zero attached hydrogens (tertiary/aromatic N) is 1. The summed E-state index contributed by atoms with van der Waals surface area (Å²) in [6.45, 7) is 4.20. The van der Waals surface area contributed by atoms with Crippen molar-refractivity contribution in [2.45, 2.75) is 32.2 Å². The van der Waals surface area contributed by atoms with E-state index < -0.39 is 0 Å². The number of rotatable bonds is 3. The van der Waals surface area contributed by atoms with Crippen LogP contribution in [-0.2, 0) is 0 Å². The minimum atomic E-state index is -0.0158.